The Morgan fingerprint density at radius 1 is 1.10 bits per heavy atom. The molecule has 0 saturated heterocycles. The van der Waals surface area contributed by atoms with Gasteiger partial charge in [-0.15, -0.1) is 10.2 Å². The summed E-state index contributed by atoms with van der Waals surface area (Å²) in [6.07, 6.45) is 5.48. The van der Waals surface area contributed by atoms with Gasteiger partial charge in [-0.25, -0.2) is 9.97 Å². The number of aromatic nitrogens is 5. The summed E-state index contributed by atoms with van der Waals surface area (Å²) in [4.78, 5) is 9.16. The lowest BCUT2D eigenvalue weighted by molar-refractivity contribution is 0.659. The number of nitrogens with zero attached hydrogens (tertiary/aromatic N) is 5. The number of hydrogen-bond acceptors (Lipinski definition) is 5. The van der Waals surface area contributed by atoms with Crippen LogP contribution in [0.25, 0.3) is 0 Å². The fourth-order valence-electron chi connectivity index (χ4n) is 2.83. The Labute approximate surface area is 125 Å². The second kappa shape index (κ2) is 5.79. The highest BCUT2D eigenvalue weighted by Gasteiger charge is 2.16. The molecule has 0 aliphatic heterocycles. The molecule has 0 spiro atoms. The normalized spacial score (nSPS) is 14.0. The van der Waals surface area contributed by atoms with Gasteiger partial charge in [-0.2, -0.15) is 0 Å². The van der Waals surface area contributed by atoms with Crippen molar-refractivity contribution in [3.05, 3.63) is 28.7 Å². The molecular weight excluding hydrogens is 264 g/mol. The molecule has 112 valence electrons. The molecule has 21 heavy (non-hydrogen) atoms. The molecule has 6 heteroatoms. The fourth-order valence-corrected chi connectivity index (χ4v) is 2.83. The molecule has 2 heterocycles. The minimum absolute atomic E-state index is 0.814. The standard InChI is InChI=1S/C15H22N6/c1-10-17-13-7-5-4-6-12(13)15(18-10)16-9-8-14-20-19-11(2)21(14)3/h4-9H2,1-3H3,(H,16,17,18). The van der Waals surface area contributed by atoms with Crippen LogP contribution in [0.2, 0.25) is 0 Å². The molecule has 0 radical (unpaired) electrons. The van der Waals surface area contributed by atoms with E-state index in [-0.39, 0.29) is 0 Å². The number of nitrogens with one attached hydrogen (secondary N) is 1. The van der Waals surface area contributed by atoms with Crippen LogP contribution in [0.3, 0.4) is 0 Å². The van der Waals surface area contributed by atoms with E-state index < -0.39 is 0 Å². The molecule has 1 N–H and O–H groups in total. The van der Waals surface area contributed by atoms with Crippen molar-refractivity contribution in [3.63, 3.8) is 0 Å². The van der Waals surface area contributed by atoms with E-state index in [1.165, 1.54) is 24.1 Å². The zero-order valence-corrected chi connectivity index (χ0v) is 13.0. The summed E-state index contributed by atoms with van der Waals surface area (Å²) in [5.41, 5.74) is 2.53. The fraction of sp³-hybridized carbons (Fsp3) is 0.600. The maximum absolute atomic E-state index is 4.58. The van der Waals surface area contributed by atoms with Crippen molar-refractivity contribution >= 4 is 5.82 Å². The highest BCUT2D eigenvalue weighted by Crippen LogP contribution is 2.25. The molecule has 1 aliphatic rings. The van der Waals surface area contributed by atoms with Crippen molar-refractivity contribution in [3.8, 4) is 0 Å². The Bertz CT molecular complexity index is 646. The number of aryl methyl sites for hydroxylation is 3. The molecule has 1 aliphatic carbocycles. The first-order valence-corrected chi connectivity index (χ1v) is 7.60. The van der Waals surface area contributed by atoms with Gasteiger partial charge in [0, 0.05) is 31.3 Å². The van der Waals surface area contributed by atoms with Gasteiger partial charge >= 0.3 is 0 Å². The van der Waals surface area contributed by atoms with Gasteiger partial charge in [-0.1, -0.05) is 0 Å². The minimum atomic E-state index is 0.814. The second-order valence-electron chi connectivity index (χ2n) is 5.65. The monoisotopic (exact) mass is 286 g/mol. The van der Waals surface area contributed by atoms with Crippen LogP contribution >= 0.6 is 0 Å². The van der Waals surface area contributed by atoms with E-state index in [4.69, 9.17) is 0 Å². The molecule has 0 amide bonds. The molecule has 2 aromatic rings. The van der Waals surface area contributed by atoms with E-state index in [1.807, 2.05) is 25.5 Å². The van der Waals surface area contributed by atoms with Gasteiger partial charge in [-0.3, -0.25) is 0 Å². The average Bonchev–Trinajstić information content (AvgIpc) is 2.79. The SMILES string of the molecule is Cc1nc2c(c(NCCc3nnc(C)n3C)n1)CCCC2. The predicted molar refractivity (Wildman–Crippen MR) is 81.3 cm³/mol. The van der Waals surface area contributed by atoms with Crippen LogP contribution in [0.15, 0.2) is 0 Å². The zero-order valence-electron chi connectivity index (χ0n) is 13.0. The number of rotatable bonds is 4. The summed E-state index contributed by atoms with van der Waals surface area (Å²) in [7, 11) is 2.00. The molecule has 2 aromatic heterocycles. The van der Waals surface area contributed by atoms with Crippen LogP contribution in [0, 0.1) is 13.8 Å². The van der Waals surface area contributed by atoms with Gasteiger partial charge in [0.05, 0.1) is 0 Å². The maximum atomic E-state index is 4.58. The zero-order chi connectivity index (χ0) is 14.8. The van der Waals surface area contributed by atoms with Crippen LogP contribution < -0.4 is 5.32 Å². The lowest BCUT2D eigenvalue weighted by Crippen LogP contribution is -2.16. The largest absolute Gasteiger partial charge is 0.369 e. The Kier molecular flexibility index (Phi) is 3.86. The van der Waals surface area contributed by atoms with Gasteiger partial charge in [-0.05, 0) is 39.5 Å². The van der Waals surface area contributed by atoms with Crippen LogP contribution in [-0.2, 0) is 26.3 Å². The minimum Gasteiger partial charge on any atom is -0.369 e. The summed E-state index contributed by atoms with van der Waals surface area (Å²) in [6.45, 7) is 4.75. The first-order chi connectivity index (χ1) is 10.1. The quantitative estimate of drug-likeness (QED) is 0.927. The van der Waals surface area contributed by atoms with Crippen molar-refractivity contribution in [1.82, 2.24) is 24.7 Å². The second-order valence-corrected chi connectivity index (χ2v) is 5.65. The molecule has 0 fully saturated rings. The highest BCUT2D eigenvalue weighted by atomic mass is 15.3. The van der Waals surface area contributed by atoms with Crippen LogP contribution in [0.4, 0.5) is 5.82 Å². The molecule has 6 nitrogen and oxygen atoms in total. The molecule has 0 aromatic carbocycles. The first kappa shape index (κ1) is 14.0. The van der Waals surface area contributed by atoms with Gasteiger partial charge in [0.25, 0.3) is 0 Å². The summed E-state index contributed by atoms with van der Waals surface area (Å²) >= 11 is 0. The van der Waals surface area contributed by atoms with E-state index in [1.54, 1.807) is 0 Å². The third-order valence-electron chi connectivity index (χ3n) is 4.12. The van der Waals surface area contributed by atoms with E-state index in [0.717, 1.165) is 49.1 Å². The summed E-state index contributed by atoms with van der Waals surface area (Å²) < 4.78 is 2.03. The Hall–Kier alpha value is -1.98. The number of hydrogen-bond donors (Lipinski definition) is 1. The van der Waals surface area contributed by atoms with Crippen LogP contribution in [0.1, 0.15) is 41.6 Å². The number of fused-ring (bicyclic) bond motifs is 1. The van der Waals surface area contributed by atoms with Crippen molar-refractivity contribution in [2.24, 2.45) is 7.05 Å². The van der Waals surface area contributed by atoms with Crippen LogP contribution in [0.5, 0.6) is 0 Å². The van der Waals surface area contributed by atoms with Gasteiger partial charge in [0.1, 0.15) is 23.3 Å². The first-order valence-electron chi connectivity index (χ1n) is 7.60. The van der Waals surface area contributed by atoms with E-state index in [9.17, 15) is 0 Å². The third kappa shape index (κ3) is 2.89. The van der Waals surface area contributed by atoms with E-state index >= 15 is 0 Å². The Balaban J connectivity index is 1.70. The van der Waals surface area contributed by atoms with Crippen molar-refractivity contribution in [1.29, 1.82) is 0 Å². The lowest BCUT2D eigenvalue weighted by Gasteiger charge is -2.19. The van der Waals surface area contributed by atoms with Crippen molar-refractivity contribution in [2.75, 3.05) is 11.9 Å². The maximum Gasteiger partial charge on any atom is 0.134 e. The highest BCUT2D eigenvalue weighted by molar-refractivity contribution is 5.47. The summed E-state index contributed by atoms with van der Waals surface area (Å²) in [5.74, 6) is 3.81. The molecule has 3 rings (SSSR count). The van der Waals surface area contributed by atoms with Crippen molar-refractivity contribution in [2.45, 2.75) is 46.0 Å². The Morgan fingerprint density at radius 2 is 1.90 bits per heavy atom. The molecule has 0 saturated carbocycles. The van der Waals surface area contributed by atoms with Crippen LogP contribution in [-0.4, -0.2) is 31.3 Å². The topological polar surface area (TPSA) is 68.5 Å². The summed E-state index contributed by atoms with van der Waals surface area (Å²) in [5, 5.41) is 11.7. The third-order valence-corrected chi connectivity index (χ3v) is 4.12. The number of anilines is 1. The van der Waals surface area contributed by atoms with Crippen molar-refractivity contribution < 1.29 is 0 Å². The van der Waals surface area contributed by atoms with E-state index in [0.29, 0.717) is 0 Å². The molecule has 0 bridgehead atoms. The van der Waals surface area contributed by atoms with Gasteiger partial charge in [0.15, 0.2) is 0 Å². The molecule has 0 atom stereocenters. The van der Waals surface area contributed by atoms with E-state index in [2.05, 4.69) is 25.5 Å². The lowest BCUT2D eigenvalue weighted by atomic mass is 9.96. The average molecular weight is 286 g/mol. The molecule has 0 unspecified atom stereocenters. The Morgan fingerprint density at radius 3 is 2.67 bits per heavy atom. The predicted octanol–water partition coefficient (Wildman–Crippen LogP) is 1.76. The smallest absolute Gasteiger partial charge is 0.134 e. The summed E-state index contributed by atoms with van der Waals surface area (Å²) in [6, 6.07) is 0. The molecular formula is C15H22N6. The van der Waals surface area contributed by atoms with Gasteiger partial charge < -0.3 is 9.88 Å². The van der Waals surface area contributed by atoms with Gasteiger partial charge in [0.2, 0.25) is 0 Å².